The minimum Gasteiger partial charge on any atom is -0.493 e. The Morgan fingerprint density at radius 2 is 1.89 bits per heavy atom. The van der Waals surface area contributed by atoms with Gasteiger partial charge < -0.3 is 4.74 Å². The molecule has 1 saturated heterocycles. The molecule has 1 aromatic heterocycles. The summed E-state index contributed by atoms with van der Waals surface area (Å²) >= 11 is 3.25. The molecule has 0 unspecified atom stereocenters. The van der Waals surface area contributed by atoms with E-state index in [1.54, 1.807) is 0 Å². The van der Waals surface area contributed by atoms with E-state index in [9.17, 15) is 9.59 Å². The van der Waals surface area contributed by atoms with E-state index < -0.39 is 4.75 Å². The number of rotatable bonds is 8. The summed E-state index contributed by atoms with van der Waals surface area (Å²) in [5.74, 6) is 0.584. The highest BCUT2D eigenvalue weighted by atomic mass is 127. The number of carbonyl (C=O) groups excluding carboxylic acids is 2. The van der Waals surface area contributed by atoms with E-state index in [1.165, 1.54) is 5.56 Å². The highest BCUT2D eigenvalue weighted by Crippen LogP contribution is 2.37. The normalized spacial score (nSPS) is 19.2. The van der Waals surface area contributed by atoms with E-state index in [1.807, 2.05) is 36.5 Å². The molecule has 1 aromatic carbocycles. The largest absolute Gasteiger partial charge is 0.493 e. The minimum absolute atomic E-state index is 0.200. The summed E-state index contributed by atoms with van der Waals surface area (Å²) in [7, 11) is 0. The molecule has 7 heteroatoms. The molecule has 27 heavy (non-hydrogen) atoms. The molecular weight excluding hydrogens is 475 g/mol. The minimum atomic E-state index is -0.712. The number of aromatic nitrogens is 1. The number of hydrogen-bond donors (Lipinski definition) is 1. The van der Waals surface area contributed by atoms with Crippen LogP contribution in [0.4, 0.5) is 4.79 Å². The summed E-state index contributed by atoms with van der Waals surface area (Å²) in [5.41, 5.74) is 3.25. The summed E-state index contributed by atoms with van der Waals surface area (Å²) in [6, 6.07) is 11.9. The number of halogens is 1. The van der Waals surface area contributed by atoms with Crippen molar-refractivity contribution in [1.82, 2.24) is 10.3 Å². The van der Waals surface area contributed by atoms with Gasteiger partial charge in [-0.1, -0.05) is 47.7 Å². The molecule has 3 rings (SSSR count). The van der Waals surface area contributed by atoms with Crippen molar-refractivity contribution < 1.29 is 14.3 Å². The highest BCUT2D eigenvalue weighted by Gasteiger charge is 2.46. The smallest absolute Gasteiger partial charge is 0.286 e. The van der Waals surface area contributed by atoms with Gasteiger partial charge >= 0.3 is 0 Å². The van der Waals surface area contributed by atoms with E-state index >= 15 is 0 Å². The van der Waals surface area contributed by atoms with E-state index in [4.69, 9.17) is 4.74 Å². The lowest BCUT2D eigenvalue weighted by Crippen LogP contribution is -2.40. The molecular formula is C20H21IN2O3S. The summed E-state index contributed by atoms with van der Waals surface area (Å²) in [4.78, 5) is 28.1. The Morgan fingerprint density at radius 1 is 1.15 bits per heavy atom. The SMILES string of the molecule is CCc1ccc(CCOc2ccc(C[C@@]3(CI)SC(=O)NC3=O)cc2)nc1. The number of hydrogen-bond acceptors (Lipinski definition) is 5. The average molecular weight is 496 g/mol. The van der Waals surface area contributed by atoms with Crippen molar-refractivity contribution in [3.05, 3.63) is 59.4 Å². The summed E-state index contributed by atoms with van der Waals surface area (Å²) in [6.07, 6.45) is 4.17. The molecule has 142 valence electrons. The number of nitrogens with one attached hydrogen (secondary N) is 1. The lowest BCUT2D eigenvalue weighted by molar-refractivity contribution is -0.121. The van der Waals surface area contributed by atoms with Crippen LogP contribution in [-0.4, -0.2) is 31.9 Å². The van der Waals surface area contributed by atoms with Gasteiger partial charge in [-0.2, -0.15) is 0 Å². The van der Waals surface area contributed by atoms with E-state index in [2.05, 4.69) is 45.9 Å². The second-order valence-electron chi connectivity index (χ2n) is 6.40. The van der Waals surface area contributed by atoms with Gasteiger partial charge in [-0.25, -0.2) is 0 Å². The van der Waals surface area contributed by atoms with Gasteiger partial charge in [0.1, 0.15) is 10.5 Å². The Hall–Kier alpha value is -1.61. The van der Waals surface area contributed by atoms with Crippen LogP contribution in [-0.2, 0) is 24.1 Å². The fraction of sp³-hybridized carbons (Fsp3) is 0.350. The molecule has 0 bridgehead atoms. The first kappa shape index (κ1) is 20.1. The van der Waals surface area contributed by atoms with Gasteiger partial charge in [-0.05, 0) is 53.9 Å². The predicted molar refractivity (Wildman–Crippen MR) is 116 cm³/mol. The number of carbonyl (C=O) groups is 2. The van der Waals surface area contributed by atoms with Crippen molar-refractivity contribution in [2.75, 3.05) is 11.0 Å². The molecule has 0 saturated carbocycles. The van der Waals surface area contributed by atoms with Gasteiger partial charge in [-0.15, -0.1) is 0 Å². The molecule has 0 aliphatic carbocycles. The van der Waals surface area contributed by atoms with Crippen LogP contribution in [0.15, 0.2) is 42.6 Å². The van der Waals surface area contributed by atoms with Crippen molar-refractivity contribution in [2.45, 2.75) is 30.9 Å². The third-order valence-corrected chi connectivity index (χ3v) is 7.44. The standard InChI is InChI=1S/C20H21IN2O3S/c1-2-14-3-6-16(22-12-14)9-10-26-17-7-4-15(5-8-17)11-20(13-21)18(24)23-19(25)27-20/h3-8,12H,2,9-11,13H2,1H3,(H,23,24,25)/t20-/m0/s1. The zero-order valence-electron chi connectivity index (χ0n) is 15.0. The second kappa shape index (κ2) is 9.05. The summed E-state index contributed by atoms with van der Waals surface area (Å²) < 4.78 is 5.67. The molecule has 2 aromatic rings. The van der Waals surface area contributed by atoms with Crippen LogP contribution in [0.25, 0.3) is 0 Å². The third kappa shape index (κ3) is 5.01. The Balaban J connectivity index is 1.54. The van der Waals surface area contributed by atoms with Gasteiger partial charge in [-0.3, -0.25) is 19.9 Å². The monoisotopic (exact) mass is 496 g/mol. The molecule has 0 spiro atoms. The molecule has 2 heterocycles. The molecule has 5 nitrogen and oxygen atoms in total. The van der Waals surface area contributed by atoms with E-state index in [0.29, 0.717) is 17.5 Å². The lowest BCUT2D eigenvalue weighted by Gasteiger charge is -2.21. The van der Waals surface area contributed by atoms with Crippen LogP contribution in [0.5, 0.6) is 5.75 Å². The number of thioether (sulfide) groups is 1. The summed E-state index contributed by atoms with van der Waals surface area (Å²) in [6.45, 7) is 2.67. The van der Waals surface area contributed by atoms with Crippen molar-refractivity contribution in [3.63, 3.8) is 0 Å². The van der Waals surface area contributed by atoms with Crippen molar-refractivity contribution in [1.29, 1.82) is 0 Å². The maximum atomic E-state index is 12.1. The maximum Gasteiger partial charge on any atom is 0.286 e. The molecule has 0 radical (unpaired) electrons. The number of amides is 2. The molecule has 1 N–H and O–H groups in total. The van der Waals surface area contributed by atoms with Crippen molar-refractivity contribution >= 4 is 45.5 Å². The third-order valence-electron chi connectivity index (χ3n) is 4.47. The van der Waals surface area contributed by atoms with Gasteiger partial charge in [0.15, 0.2) is 0 Å². The number of benzene rings is 1. The first-order valence-electron chi connectivity index (χ1n) is 8.80. The Kier molecular flexibility index (Phi) is 6.75. The number of nitrogens with zero attached hydrogens (tertiary/aromatic N) is 1. The second-order valence-corrected chi connectivity index (χ2v) is 8.52. The zero-order chi connectivity index (χ0) is 19.3. The Bertz CT molecular complexity index is 811. The predicted octanol–water partition coefficient (Wildman–Crippen LogP) is 3.96. The lowest BCUT2D eigenvalue weighted by atomic mass is 9.99. The summed E-state index contributed by atoms with van der Waals surface area (Å²) in [5, 5.41) is 2.12. The van der Waals surface area contributed by atoms with Crippen LogP contribution in [0.1, 0.15) is 23.7 Å². The number of imide groups is 1. The van der Waals surface area contributed by atoms with Gasteiger partial charge in [0.2, 0.25) is 5.91 Å². The van der Waals surface area contributed by atoms with Crippen molar-refractivity contribution in [3.8, 4) is 5.75 Å². The number of pyridine rings is 1. The molecule has 1 fully saturated rings. The van der Waals surface area contributed by atoms with Gasteiger partial charge in [0, 0.05) is 22.7 Å². The van der Waals surface area contributed by atoms with Crippen LogP contribution in [0.3, 0.4) is 0 Å². The van der Waals surface area contributed by atoms with Gasteiger partial charge in [0.25, 0.3) is 5.24 Å². The first-order chi connectivity index (χ1) is 13.0. The number of alkyl halides is 1. The number of ether oxygens (including phenoxy) is 1. The fourth-order valence-electron chi connectivity index (χ4n) is 2.83. The topological polar surface area (TPSA) is 68.3 Å². The Labute approximate surface area is 176 Å². The molecule has 1 aliphatic rings. The quantitative estimate of drug-likeness (QED) is 0.443. The molecule has 2 amide bonds. The fourth-order valence-corrected chi connectivity index (χ4v) is 4.85. The maximum absolute atomic E-state index is 12.1. The Morgan fingerprint density at radius 3 is 2.44 bits per heavy atom. The van der Waals surface area contributed by atoms with E-state index in [0.717, 1.165) is 41.6 Å². The average Bonchev–Trinajstić information content (AvgIpc) is 2.97. The van der Waals surface area contributed by atoms with Crippen LogP contribution < -0.4 is 10.1 Å². The van der Waals surface area contributed by atoms with Gasteiger partial charge in [0.05, 0.1) is 6.61 Å². The zero-order valence-corrected chi connectivity index (χ0v) is 18.0. The van der Waals surface area contributed by atoms with Crippen molar-refractivity contribution in [2.24, 2.45) is 0 Å². The molecule has 1 aliphatic heterocycles. The van der Waals surface area contributed by atoms with Crippen LogP contribution >= 0.6 is 34.4 Å². The highest BCUT2D eigenvalue weighted by molar-refractivity contribution is 14.1. The number of aryl methyl sites for hydroxylation is 1. The van der Waals surface area contributed by atoms with Crippen LogP contribution in [0, 0.1) is 0 Å². The molecule has 1 atom stereocenters. The van der Waals surface area contributed by atoms with Crippen LogP contribution in [0.2, 0.25) is 0 Å². The van der Waals surface area contributed by atoms with E-state index in [-0.39, 0.29) is 11.1 Å². The first-order valence-corrected chi connectivity index (χ1v) is 11.1.